The Morgan fingerprint density at radius 2 is 2.07 bits per heavy atom. The number of ether oxygens (including phenoxy) is 2. The van der Waals surface area contributed by atoms with E-state index in [0.29, 0.717) is 17.8 Å². The third kappa shape index (κ3) is 4.24. The standard InChI is InChI=1S/C19H20F2N4O5/c1-29-15(26)8-14(18(27)30-2)24-19(28)25-6-5-13-16(23-9-22-13)17(25)11-4-3-10(20)7-12(11)21/h3-4,7,9,14,17H,5-6,8H2,1-2H3,(H,22,23)(H,24,28)/t14-,17-/m0/s1. The van der Waals surface area contributed by atoms with Crippen LogP contribution in [0.25, 0.3) is 0 Å². The maximum atomic E-state index is 14.6. The van der Waals surface area contributed by atoms with Gasteiger partial charge in [0.1, 0.15) is 23.7 Å². The zero-order valence-electron chi connectivity index (χ0n) is 16.3. The predicted octanol–water partition coefficient (Wildman–Crippen LogP) is 1.45. The van der Waals surface area contributed by atoms with Crippen LogP contribution in [0.4, 0.5) is 13.6 Å². The molecule has 0 bridgehead atoms. The van der Waals surface area contributed by atoms with E-state index in [2.05, 4.69) is 24.8 Å². The number of fused-ring (bicyclic) bond motifs is 1. The first-order chi connectivity index (χ1) is 14.3. The van der Waals surface area contributed by atoms with E-state index >= 15 is 0 Å². The highest BCUT2D eigenvalue weighted by Gasteiger charge is 2.37. The number of aromatic nitrogens is 2. The molecule has 160 valence electrons. The zero-order valence-corrected chi connectivity index (χ0v) is 16.3. The number of methoxy groups -OCH3 is 2. The van der Waals surface area contributed by atoms with E-state index in [-0.39, 0.29) is 12.1 Å². The van der Waals surface area contributed by atoms with Crippen molar-refractivity contribution in [1.82, 2.24) is 20.2 Å². The van der Waals surface area contributed by atoms with Crippen LogP contribution in [0.5, 0.6) is 0 Å². The number of nitrogens with zero attached hydrogens (tertiary/aromatic N) is 2. The van der Waals surface area contributed by atoms with Crippen LogP contribution in [0.3, 0.4) is 0 Å². The van der Waals surface area contributed by atoms with Gasteiger partial charge in [0.2, 0.25) is 0 Å². The van der Waals surface area contributed by atoms with Crippen molar-refractivity contribution in [3.05, 3.63) is 53.1 Å². The van der Waals surface area contributed by atoms with Crippen LogP contribution >= 0.6 is 0 Å². The molecule has 1 aromatic heterocycles. The highest BCUT2D eigenvalue weighted by atomic mass is 19.1. The molecule has 0 fully saturated rings. The minimum atomic E-state index is -1.30. The molecule has 1 aliphatic heterocycles. The highest BCUT2D eigenvalue weighted by Crippen LogP contribution is 2.34. The van der Waals surface area contributed by atoms with Crippen LogP contribution in [-0.4, -0.2) is 59.6 Å². The Hall–Kier alpha value is -3.50. The van der Waals surface area contributed by atoms with Gasteiger partial charge in [0.05, 0.1) is 32.7 Å². The molecule has 2 aromatic rings. The van der Waals surface area contributed by atoms with Crippen LogP contribution < -0.4 is 5.32 Å². The van der Waals surface area contributed by atoms with E-state index in [1.54, 1.807) is 0 Å². The first-order valence-electron chi connectivity index (χ1n) is 9.04. The molecule has 3 rings (SSSR count). The van der Waals surface area contributed by atoms with E-state index in [0.717, 1.165) is 26.4 Å². The maximum absolute atomic E-state index is 14.6. The number of nitrogens with one attached hydrogen (secondary N) is 2. The Morgan fingerprint density at radius 3 is 2.73 bits per heavy atom. The molecule has 2 amide bonds. The number of aromatic amines is 1. The van der Waals surface area contributed by atoms with Gasteiger partial charge in [-0.3, -0.25) is 4.79 Å². The number of carbonyl (C=O) groups is 3. The van der Waals surface area contributed by atoms with Crippen LogP contribution in [0.2, 0.25) is 0 Å². The van der Waals surface area contributed by atoms with Gasteiger partial charge in [-0.1, -0.05) is 6.07 Å². The van der Waals surface area contributed by atoms with Crippen LogP contribution in [0, 0.1) is 11.6 Å². The fourth-order valence-corrected chi connectivity index (χ4v) is 3.35. The van der Waals surface area contributed by atoms with Crippen molar-refractivity contribution in [1.29, 1.82) is 0 Å². The summed E-state index contributed by atoms with van der Waals surface area (Å²) in [6.45, 7) is 0.161. The fourth-order valence-electron chi connectivity index (χ4n) is 3.35. The summed E-state index contributed by atoms with van der Waals surface area (Å²) >= 11 is 0. The molecule has 2 atom stereocenters. The van der Waals surface area contributed by atoms with Gasteiger partial charge in [-0.15, -0.1) is 0 Å². The van der Waals surface area contributed by atoms with Gasteiger partial charge < -0.3 is 24.7 Å². The summed E-state index contributed by atoms with van der Waals surface area (Å²) in [7, 11) is 2.27. The average Bonchev–Trinajstić information content (AvgIpc) is 3.21. The highest BCUT2D eigenvalue weighted by molar-refractivity contribution is 5.87. The molecule has 0 spiro atoms. The molecule has 0 saturated carbocycles. The number of hydrogen-bond acceptors (Lipinski definition) is 6. The summed E-state index contributed by atoms with van der Waals surface area (Å²) in [5.74, 6) is -3.15. The van der Waals surface area contributed by atoms with Gasteiger partial charge in [0, 0.05) is 30.3 Å². The number of rotatable bonds is 5. The normalized spacial score (nSPS) is 16.4. The average molecular weight is 422 g/mol. The second kappa shape index (κ2) is 8.89. The monoisotopic (exact) mass is 422 g/mol. The van der Waals surface area contributed by atoms with Crippen molar-refractivity contribution in [2.75, 3.05) is 20.8 Å². The van der Waals surface area contributed by atoms with Gasteiger partial charge >= 0.3 is 18.0 Å². The van der Waals surface area contributed by atoms with Crippen molar-refractivity contribution in [3.8, 4) is 0 Å². The molecule has 2 heterocycles. The molecule has 0 unspecified atom stereocenters. The topological polar surface area (TPSA) is 114 Å². The third-order valence-corrected chi connectivity index (χ3v) is 4.82. The van der Waals surface area contributed by atoms with Gasteiger partial charge in [-0.25, -0.2) is 23.4 Å². The lowest BCUT2D eigenvalue weighted by Gasteiger charge is -2.36. The Labute approximate surface area is 170 Å². The van der Waals surface area contributed by atoms with E-state index in [1.165, 1.54) is 17.3 Å². The van der Waals surface area contributed by atoms with Gasteiger partial charge in [-0.2, -0.15) is 0 Å². The lowest BCUT2D eigenvalue weighted by Crippen LogP contribution is -2.52. The lowest BCUT2D eigenvalue weighted by atomic mass is 9.95. The number of urea groups is 1. The minimum absolute atomic E-state index is 0.0437. The summed E-state index contributed by atoms with van der Waals surface area (Å²) in [4.78, 5) is 45.0. The lowest BCUT2D eigenvalue weighted by molar-refractivity contribution is -0.149. The largest absolute Gasteiger partial charge is 0.469 e. The SMILES string of the molecule is COC(=O)C[C@H](NC(=O)N1CCc2[nH]cnc2[C@@H]1c1ccc(F)cc1F)C(=O)OC. The number of halogens is 2. The Kier molecular flexibility index (Phi) is 6.28. The molecular weight excluding hydrogens is 402 g/mol. The fraction of sp³-hybridized carbons (Fsp3) is 0.368. The minimum Gasteiger partial charge on any atom is -0.469 e. The molecule has 11 heteroatoms. The third-order valence-electron chi connectivity index (χ3n) is 4.82. The number of imidazole rings is 1. The quantitative estimate of drug-likeness (QED) is 0.705. The van der Waals surface area contributed by atoms with Crippen molar-refractivity contribution in [3.63, 3.8) is 0 Å². The first kappa shape index (κ1) is 21.2. The molecule has 2 N–H and O–H groups in total. The van der Waals surface area contributed by atoms with Crippen LogP contribution in [-0.2, 0) is 25.5 Å². The Bertz CT molecular complexity index is 964. The smallest absolute Gasteiger partial charge is 0.329 e. The van der Waals surface area contributed by atoms with E-state index in [1.807, 2.05) is 0 Å². The number of benzene rings is 1. The first-order valence-corrected chi connectivity index (χ1v) is 9.04. The van der Waals surface area contributed by atoms with E-state index in [9.17, 15) is 23.2 Å². The van der Waals surface area contributed by atoms with Gasteiger partial charge in [-0.05, 0) is 6.07 Å². The second-order valence-corrected chi connectivity index (χ2v) is 6.58. The molecule has 1 aliphatic rings. The summed E-state index contributed by atoms with van der Waals surface area (Å²) < 4.78 is 37.2. The van der Waals surface area contributed by atoms with Crippen molar-refractivity contribution >= 4 is 18.0 Å². The van der Waals surface area contributed by atoms with Gasteiger partial charge in [0.25, 0.3) is 0 Å². The summed E-state index contributed by atoms with van der Waals surface area (Å²) in [6.07, 6.45) is 1.39. The number of amides is 2. The Balaban J connectivity index is 1.93. The maximum Gasteiger partial charge on any atom is 0.329 e. The van der Waals surface area contributed by atoms with Crippen molar-refractivity contribution < 1.29 is 32.6 Å². The number of H-pyrrole nitrogens is 1. The van der Waals surface area contributed by atoms with Gasteiger partial charge in [0.15, 0.2) is 0 Å². The molecule has 0 aliphatic carbocycles. The van der Waals surface area contributed by atoms with Crippen molar-refractivity contribution in [2.24, 2.45) is 0 Å². The van der Waals surface area contributed by atoms with Crippen LogP contribution in [0.15, 0.2) is 24.5 Å². The molecule has 0 saturated heterocycles. The number of hydrogen-bond donors (Lipinski definition) is 2. The molecule has 1 aromatic carbocycles. The molecular formula is C19H20F2N4O5. The molecule has 30 heavy (non-hydrogen) atoms. The van der Waals surface area contributed by atoms with Crippen molar-refractivity contribution in [2.45, 2.75) is 24.9 Å². The van der Waals surface area contributed by atoms with E-state index in [4.69, 9.17) is 0 Å². The summed E-state index contributed by atoms with van der Waals surface area (Å²) in [5.41, 5.74) is 1.17. The summed E-state index contributed by atoms with van der Waals surface area (Å²) in [5, 5.41) is 2.43. The molecule has 9 nitrogen and oxygen atoms in total. The number of carbonyl (C=O) groups excluding carboxylic acids is 3. The summed E-state index contributed by atoms with van der Waals surface area (Å²) in [6, 6.07) is 0.0547. The Morgan fingerprint density at radius 1 is 1.30 bits per heavy atom. The second-order valence-electron chi connectivity index (χ2n) is 6.58. The van der Waals surface area contributed by atoms with Crippen LogP contribution in [0.1, 0.15) is 29.4 Å². The zero-order chi connectivity index (χ0) is 21.8. The number of esters is 2. The van der Waals surface area contributed by atoms with E-state index < -0.39 is 48.1 Å². The predicted molar refractivity (Wildman–Crippen MR) is 98.2 cm³/mol. The molecule has 0 radical (unpaired) electrons.